The molecule has 1 fully saturated rings. The maximum Gasteiger partial charge on any atom is 0.223 e. The fourth-order valence-corrected chi connectivity index (χ4v) is 5.03. The summed E-state index contributed by atoms with van der Waals surface area (Å²) in [5.41, 5.74) is 8.08. The van der Waals surface area contributed by atoms with Crippen LogP contribution in [0.25, 0.3) is 10.6 Å². The third-order valence-corrected chi connectivity index (χ3v) is 6.61. The number of hydrogen-bond acceptors (Lipinski definition) is 6. The minimum absolute atomic E-state index is 0.215. The van der Waals surface area contributed by atoms with Crippen molar-refractivity contribution in [2.45, 2.75) is 12.8 Å². The summed E-state index contributed by atoms with van der Waals surface area (Å²) in [4.78, 5) is 23.7. The Balaban J connectivity index is 1.33. The van der Waals surface area contributed by atoms with E-state index < -0.39 is 0 Å². The molecule has 2 aromatic heterocycles. The lowest BCUT2D eigenvalue weighted by Crippen LogP contribution is -2.48. The first-order chi connectivity index (χ1) is 13.2. The molecule has 0 bridgehead atoms. The highest BCUT2D eigenvalue weighted by atomic mass is 32.1. The van der Waals surface area contributed by atoms with Crippen molar-refractivity contribution in [3.05, 3.63) is 52.7 Å². The van der Waals surface area contributed by atoms with Crippen molar-refractivity contribution in [2.24, 2.45) is 0 Å². The van der Waals surface area contributed by atoms with Gasteiger partial charge in [0, 0.05) is 43.2 Å². The number of nitrogen functional groups attached to an aromatic ring is 1. The summed E-state index contributed by atoms with van der Waals surface area (Å²) in [6.45, 7) is 3.31. The van der Waals surface area contributed by atoms with Crippen molar-refractivity contribution in [2.75, 3.05) is 36.8 Å². The molecular formula is C20H22N4OS2. The van der Waals surface area contributed by atoms with Crippen LogP contribution in [0.3, 0.4) is 0 Å². The Morgan fingerprint density at radius 2 is 1.85 bits per heavy atom. The second-order valence-electron chi connectivity index (χ2n) is 6.50. The molecule has 0 saturated carbocycles. The number of nitrogens with zero attached hydrogens (tertiary/aromatic N) is 3. The number of thiazole rings is 1. The van der Waals surface area contributed by atoms with Gasteiger partial charge in [-0.1, -0.05) is 24.3 Å². The number of benzene rings is 1. The number of thiophene rings is 1. The van der Waals surface area contributed by atoms with Gasteiger partial charge in [-0.15, -0.1) is 22.7 Å². The molecule has 4 rings (SSSR count). The fourth-order valence-electron chi connectivity index (χ4n) is 3.38. The summed E-state index contributed by atoms with van der Waals surface area (Å²) < 4.78 is 0. The standard InChI is InChI=1S/C20H22N4OS2/c21-20-22-19(16-7-4-14-26-16)17(27-20)8-9-18(25)24-12-10-23(11-13-24)15-5-2-1-3-6-15/h1-7,14H,8-13H2,(H2,21,22). The van der Waals surface area contributed by atoms with Crippen LogP contribution < -0.4 is 10.6 Å². The van der Waals surface area contributed by atoms with Crippen LogP contribution in [-0.2, 0) is 11.2 Å². The van der Waals surface area contributed by atoms with Gasteiger partial charge >= 0.3 is 0 Å². The molecule has 3 aromatic rings. The smallest absolute Gasteiger partial charge is 0.223 e. The second kappa shape index (κ2) is 8.10. The highest BCUT2D eigenvalue weighted by Gasteiger charge is 2.22. The number of piperazine rings is 1. The molecule has 7 heteroatoms. The van der Waals surface area contributed by atoms with Crippen molar-refractivity contribution in [3.8, 4) is 10.6 Å². The van der Waals surface area contributed by atoms with E-state index in [4.69, 9.17) is 5.73 Å². The Labute approximate surface area is 167 Å². The number of aryl methyl sites for hydroxylation is 1. The van der Waals surface area contributed by atoms with Crippen LogP contribution in [0.1, 0.15) is 11.3 Å². The topological polar surface area (TPSA) is 62.5 Å². The summed E-state index contributed by atoms with van der Waals surface area (Å²) >= 11 is 3.14. The van der Waals surface area contributed by atoms with Crippen LogP contribution in [-0.4, -0.2) is 42.0 Å². The minimum atomic E-state index is 0.215. The van der Waals surface area contributed by atoms with Crippen molar-refractivity contribution in [1.82, 2.24) is 9.88 Å². The maximum atomic E-state index is 12.7. The van der Waals surface area contributed by atoms with Crippen LogP contribution in [0.4, 0.5) is 10.8 Å². The predicted molar refractivity (Wildman–Crippen MR) is 113 cm³/mol. The fraction of sp³-hybridized carbons (Fsp3) is 0.300. The van der Waals surface area contributed by atoms with Crippen molar-refractivity contribution >= 4 is 39.4 Å². The van der Waals surface area contributed by atoms with Gasteiger partial charge in [-0.05, 0) is 30.0 Å². The van der Waals surface area contributed by atoms with Crippen LogP contribution in [0.2, 0.25) is 0 Å². The number of rotatable bonds is 5. The van der Waals surface area contributed by atoms with Gasteiger partial charge in [-0.25, -0.2) is 4.98 Å². The molecule has 0 unspecified atom stereocenters. The number of amides is 1. The highest BCUT2D eigenvalue weighted by molar-refractivity contribution is 7.17. The SMILES string of the molecule is Nc1nc(-c2cccs2)c(CCC(=O)N2CCN(c3ccccc3)CC2)s1. The van der Waals surface area contributed by atoms with Gasteiger partial charge in [0.2, 0.25) is 5.91 Å². The van der Waals surface area contributed by atoms with Crippen LogP contribution in [0.5, 0.6) is 0 Å². The van der Waals surface area contributed by atoms with Crippen LogP contribution in [0, 0.1) is 0 Å². The van der Waals surface area contributed by atoms with E-state index in [0.717, 1.165) is 41.6 Å². The first kappa shape index (κ1) is 18.0. The van der Waals surface area contributed by atoms with Gasteiger partial charge in [-0.3, -0.25) is 4.79 Å². The molecule has 0 aliphatic carbocycles. The van der Waals surface area contributed by atoms with Gasteiger partial charge in [-0.2, -0.15) is 0 Å². The summed E-state index contributed by atoms with van der Waals surface area (Å²) in [6, 6.07) is 14.4. The quantitative estimate of drug-likeness (QED) is 0.711. The normalized spacial score (nSPS) is 14.5. The summed E-state index contributed by atoms with van der Waals surface area (Å²) in [6.07, 6.45) is 1.20. The predicted octanol–water partition coefficient (Wildman–Crippen LogP) is 3.74. The summed E-state index contributed by atoms with van der Waals surface area (Å²) in [7, 11) is 0. The molecule has 0 spiro atoms. The highest BCUT2D eigenvalue weighted by Crippen LogP contribution is 2.33. The summed E-state index contributed by atoms with van der Waals surface area (Å²) in [5.74, 6) is 0.215. The van der Waals surface area contributed by atoms with Crippen molar-refractivity contribution < 1.29 is 4.79 Å². The number of carbonyl (C=O) groups excluding carboxylic acids is 1. The monoisotopic (exact) mass is 398 g/mol. The van der Waals surface area contributed by atoms with Gasteiger partial charge in [0.15, 0.2) is 5.13 Å². The Morgan fingerprint density at radius 1 is 1.07 bits per heavy atom. The van der Waals surface area contributed by atoms with Gasteiger partial charge in [0.1, 0.15) is 0 Å². The number of nitrogens with two attached hydrogens (primary N) is 1. The van der Waals surface area contributed by atoms with E-state index in [0.29, 0.717) is 18.0 Å². The molecule has 1 aliphatic rings. The minimum Gasteiger partial charge on any atom is -0.375 e. The van der Waals surface area contributed by atoms with E-state index in [9.17, 15) is 4.79 Å². The van der Waals surface area contributed by atoms with E-state index in [1.165, 1.54) is 17.0 Å². The molecule has 2 N–H and O–H groups in total. The van der Waals surface area contributed by atoms with E-state index in [2.05, 4.69) is 34.1 Å². The molecule has 1 saturated heterocycles. The zero-order chi connectivity index (χ0) is 18.6. The molecule has 0 radical (unpaired) electrons. The van der Waals surface area contributed by atoms with E-state index in [1.807, 2.05) is 28.5 Å². The molecule has 140 valence electrons. The first-order valence-corrected chi connectivity index (χ1v) is 10.8. The Morgan fingerprint density at radius 3 is 2.56 bits per heavy atom. The van der Waals surface area contributed by atoms with E-state index >= 15 is 0 Å². The third kappa shape index (κ3) is 4.14. The molecule has 0 atom stereocenters. The zero-order valence-corrected chi connectivity index (χ0v) is 16.6. The molecule has 1 aliphatic heterocycles. The molecule has 27 heavy (non-hydrogen) atoms. The van der Waals surface area contributed by atoms with Crippen molar-refractivity contribution in [1.29, 1.82) is 0 Å². The maximum absolute atomic E-state index is 12.7. The Bertz CT molecular complexity index is 884. The lowest BCUT2D eigenvalue weighted by molar-refractivity contribution is -0.131. The Kier molecular flexibility index (Phi) is 5.40. The van der Waals surface area contributed by atoms with E-state index in [1.54, 1.807) is 11.3 Å². The second-order valence-corrected chi connectivity index (χ2v) is 8.57. The van der Waals surface area contributed by atoms with Crippen molar-refractivity contribution in [3.63, 3.8) is 0 Å². The lowest BCUT2D eigenvalue weighted by atomic mass is 10.2. The lowest BCUT2D eigenvalue weighted by Gasteiger charge is -2.36. The van der Waals surface area contributed by atoms with Gasteiger partial charge in [0.25, 0.3) is 0 Å². The number of hydrogen-bond donors (Lipinski definition) is 1. The van der Waals surface area contributed by atoms with Crippen LogP contribution >= 0.6 is 22.7 Å². The molecule has 1 aromatic carbocycles. The molecule has 5 nitrogen and oxygen atoms in total. The average Bonchev–Trinajstić information content (AvgIpc) is 3.36. The molecule has 1 amide bonds. The third-order valence-electron chi connectivity index (χ3n) is 4.79. The number of para-hydroxylation sites is 1. The largest absolute Gasteiger partial charge is 0.375 e. The number of anilines is 2. The Hall–Kier alpha value is -2.38. The molecule has 3 heterocycles. The zero-order valence-electron chi connectivity index (χ0n) is 15.0. The first-order valence-electron chi connectivity index (χ1n) is 9.07. The summed E-state index contributed by atoms with van der Waals surface area (Å²) in [5, 5.41) is 2.60. The molecular weight excluding hydrogens is 376 g/mol. The number of aromatic nitrogens is 1. The average molecular weight is 399 g/mol. The van der Waals surface area contributed by atoms with Crippen LogP contribution in [0.15, 0.2) is 47.8 Å². The van der Waals surface area contributed by atoms with E-state index in [-0.39, 0.29) is 5.91 Å². The number of carbonyl (C=O) groups is 1. The van der Waals surface area contributed by atoms with Gasteiger partial charge in [0.05, 0.1) is 10.6 Å². The van der Waals surface area contributed by atoms with Gasteiger partial charge < -0.3 is 15.5 Å².